The van der Waals surface area contributed by atoms with Crippen LogP contribution in [0, 0.1) is 0 Å². The number of ether oxygens (including phenoxy) is 2. The van der Waals surface area contributed by atoms with Crippen molar-refractivity contribution in [2.24, 2.45) is 5.84 Å². The summed E-state index contributed by atoms with van der Waals surface area (Å²) in [6, 6.07) is 7.42. The average molecular weight is 266 g/mol. The van der Waals surface area contributed by atoms with E-state index in [1.807, 2.05) is 31.2 Å². The van der Waals surface area contributed by atoms with Crippen molar-refractivity contribution in [3.63, 3.8) is 0 Å². The van der Waals surface area contributed by atoms with Crippen molar-refractivity contribution in [2.75, 3.05) is 12.0 Å². The molecule has 6 nitrogen and oxygen atoms in total. The van der Waals surface area contributed by atoms with Crippen LogP contribution in [0.4, 0.5) is 5.00 Å². The third-order valence-electron chi connectivity index (χ3n) is 2.20. The van der Waals surface area contributed by atoms with E-state index in [1.165, 1.54) is 11.5 Å². The maximum atomic E-state index is 5.58. The molecule has 0 aliphatic rings. The Morgan fingerprint density at radius 2 is 1.89 bits per heavy atom. The summed E-state index contributed by atoms with van der Waals surface area (Å²) in [4.78, 5) is 0. The van der Waals surface area contributed by atoms with E-state index in [1.54, 1.807) is 0 Å². The predicted octanol–water partition coefficient (Wildman–Crippen LogP) is 1.80. The van der Waals surface area contributed by atoms with Gasteiger partial charge in [0.1, 0.15) is 23.8 Å². The van der Waals surface area contributed by atoms with E-state index < -0.39 is 0 Å². The maximum absolute atomic E-state index is 5.58. The van der Waals surface area contributed by atoms with Crippen LogP contribution in [0.15, 0.2) is 24.3 Å². The molecule has 1 heterocycles. The molecule has 0 atom stereocenters. The van der Waals surface area contributed by atoms with Gasteiger partial charge in [-0.2, -0.15) is 0 Å². The molecule has 0 bridgehead atoms. The number of nitrogens with zero attached hydrogens (tertiary/aromatic N) is 2. The summed E-state index contributed by atoms with van der Waals surface area (Å²) >= 11 is 1.20. The highest BCUT2D eigenvalue weighted by Gasteiger charge is 2.07. The molecule has 0 amide bonds. The van der Waals surface area contributed by atoms with Gasteiger partial charge in [0.2, 0.25) is 0 Å². The minimum atomic E-state index is 0.323. The van der Waals surface area contributed by atoms with E-state index in [2.05, 4.69) is 15.0 Å². The van der Waals surface area contributed by atoms with Gasteiger partial charge in [0.15, 0.2) is 5.00 Å². The second kappa shape index (κ2) is 6.18. The molecule has 1 aromatic carbocycles. The molecule has 1 aromatic heterocycles. The van der Waals surface area contributed by atoms with E-state index in [0.29, 0.717) is 23.9 Å². The van der Waals surface area contributed by atoms with Crippen LogP contribution in [-0.2, 0) is 6.61 Å². The zero-order chi connectivity index (χ0) is 12.8. The highest BCUT2D eigenvalue weighted by atomic mass is 32.1. The van der Waals surface area contributed by atoms with Crippen molar-refractivity contribution in [1.82, 2.24) is 9.59 Å². The first-order chi connectivity index (χ1) is 8.83. The standard InChI is InChI=1S/C11H14N4O2S/c1-2-16-8-3-5-9(6-4-8)17-7-10-11(13-12)18-15-14-10/h3-6,13H,2,7,12H2,1H3. The summed E-state index contributed by atoms with van der Waals surface area (Å²) in [7, 11) is 0. The van der Waals surface area contributed by atoms with Crippen LogP contribution in [-0.4, -0.2) is 16.2 Å². The van der Waals surface area contributed by atoms with Gasteiger partial charge in [0, 0.05) is 11.5 Å². The van der Waals surface area contributed by atoms with Gasteiger partial charge in [-0.15, -0.1) is 5.10 Å². The Morgan fingerprint density at radius 1 is 1.22 bits per heavy atom. The van der Waals surface area contributed by atoms with E-state index in [0.717, 1.165) is 11.5 Å². The molecular formula is C11H14N4O2S. The van der Waals surface area contributed by atoms with Crippen LogP contribution >= 0.6 is 11.5 Å². The molecule has 0 spiro atoms. The fraction of sp³-hybridized carbons (Fsp3) is 0.273. The number of anilines is 1. The molecule has 3 N–H and O–H groups in total. The zero-order valence-electron chi connectivity index (χ0n) is 9.92. The van der Waals surface area contributed by atoms with Crippen LogP contribution < -0.4 is 20.7 Å². The lowest BCUT2D eigenvalue weighted by Crippen LogP contribution is -2.08. The number of nitrogen functional groups attached to an aromatic ring is 1. The van der Waals surface area contributed by atoms with Gasteiger partial charge in [0.25, 0.3) is 0 Å². The summed E-state index contributed by atoms with van der Waals surface area (Å²) in [6.07, 6.45) is 0. The molecule has 0 saturated heterocycles. The molecule has 18 heavy (non-hydrogen) atoms. The summed E-state index contributed by atoms with van der Waals surface area (Å²) in [5, 5.41) is 4.63. The first-order valence-corrected chi connectivity index (χ1v) is 6.24. The molecular weight excluding hydrogens is 252 g/mol. The van der Waals surface area contributed by atoms with Crippen LogP contribution in [0.25, 0.3) is 0 Å². The molecule has 2 aromatic rings. The Morgan fingerprint density at radius 3 is 2.50 bits per heavy atom. The normalized spacial score (nSPS) is 10.1. The Labute approximate surface area is 109 Å². The van der Waals surface area contributed by atoms with Gasteiger partial charge < -0.3 is 14.9 Å². The van der Waals surface area contributed by atoms with Crippen molar-refractivity contribution in [2.45, 2.75) is 13.5 Å². The Kier molecular flexibility index (Phi) is 4.32. The highest BCUT2D eigenvalue weighted by Crippen LogP contribution is 2.21. The predicted molar refractivity (Wildman–Crippen MR) is 69.7 cm³/mol. The van der Waals surface area contributed by atoms with Crippen LogP contribution in [0.5, 0.6) is 11.5 Å². The number of nitrogens with one attached hydrogen (secondary N) is 1. The smallest absolute Gasteiger partial charge is 0.150 e. The molecule has 0 fully saturated rings. The average Bonchev–Trinajstić information content (AvgIpc) is 2.86. The topological polar surface area (TPSA) is 82.3 Å². The van der Waals surface area contributed by atoms with Crippen molar-refractivity contribution in [3.05, 3.63) is 30.0 Å². The monoisotopic (exact) mass is 266 g/mol. The second-order valence-corrected chi connectivity index (χ2v) is 4.14. The lowest BCUT2D eigenvalue weighted by molar-refractivity contribution is 0.299. The Balaban J connectivity index is 1.94. The molecule has 0 unspecified atom stereocenters. The number of hydrazine groups is 1. The van der Waals surface area contributed by atoms with E-state index in [4.69, 9.17) is 15.3 Å². The van der Waals surface area contributed by atoms with Crippen LogP contribution in [0.3, 0.4) is 0 Å². The van der Waals surface area contributed by atoms with Gasteiger partial charge in [-0.25, -0.2) is 5.84 Å². The van der Waals surface area contributed by atoms with Gasteiger partial charge in [0.05, 0.1) is 6.61 Å². The van der Waals surface area contributed by atoms with Gasteiger partial charge in [-0.3, -0.25) is 0 Å². The minimum Gasteiger partial charge on any atom is -0.494 e. The molecule has 0 aliphatic carbocycles. The fourth-order valence-corrected chi connectivity index (χ4v) is 1.84. The van der Waals surface area contributed by atoms with Crippen molar-refractivity contribution < 1.29 is 9.47 Å². The van der Waals surface area contributed by atoms with Crippen molar-refractivity contribution >= 4 is 16.5 Å². The number of rotatable bonds is 6. The van der Waals surface area contributed by atoms with Crippen molar-refractivity contribution in [1.29, 1.82) is 0 Å². The van der Waals surface area contributed by atoms with E-state index in [-0.39, 0.29) is 0 Å². The Hall–Kier alpha value is -1.86. The molecule has 0 radical (unpaired) electrons. The minimum absolute atomic E-state index is 0.323. The number of aromatic nitrogens is 2. The molecule has 2 rings (SSSR count). The second-order valence-electron chi connectivity index (χ2n) is 3.39. The molecule has 7 heteroatoms. The SMILES string of the molecule is CCOc1ccc(OCc2nnsc2NN)cc1. The van der Waals surface area contributed by atoms with Gasteiger partial charge in [-0.05, 0) is 31.2 Å². The summed E-state index contributed by atoms with van der Waals surface area (Å²) < 4.78 is 14.7. The summed E-state index contributed by atoms with van der Waals surface area (Å²) in [6.45, 7) is 2.92. The highest BCUT2D eigenvalue weighted by molar-refractivity contribution is 7.10. The number of hydrogen-bond acceptors (Lipinski definition) is 7. The number of nitrogens with two attached hydrogens (primary N) is 1. The lowest BCUT2D eigenvalue weighted by Gasteiger charge is -2.07. The molecule has 96 valence electrons. The third kappa shape index (κ3) is 3.08. The van der Waals surface area contributed by atoms with Gasteiger partial charge in [-0.1, -0.05) is 4.49 Å². The van der Waals surface area contributed by atoms with E-state index in [9.17, 15) is 0 Å². The summed E-state index contributed by atoms with van der Waals surface area (Å²) in [5.41, 5.74) is 3.22. The number of hydrogen-bond donors (Lipinski definition) is 2. The van der Waals surface area contributed by atoms with Gasteiger partial charge >= 0.3 is 0 Å². The lowest BCUT2D eigenvalue weighted by atomic mass is 10.3. The van der Waals surface area contributed by atoms with Crippen LogP contribution in [0.1, 0.15) is 12.6 Å². The number of benzene rings is 1. The van der Waals surface area contributed by atoms with Crippen LogP contribution in [0.2, 0.25) is 0 Å². The first-order valence-electron chi connectivity index (χ1n) is 5.47. The van der Waals surface area contributed by atoms with E-state index >= 15 is 0 Å². The fourth-order valence-electron chi connectivity index (χ4n) is 1.36. The first kappa shape index (κ1) is 12.6. The third-order valence-corrected chi connectivity index (χ3v) is 2.90. The molecule has 0 aliphatic heterocycles. The zero-order valence-corrected chi connectivity index (χ0v) is 10.7. The molecule has 0 saturated carbocycles. The summed E-state index contributed by atoms with van der Waals surface area (Å²) in [5.74, 6) is 6.89. The van der Waals surface area contributed by atoms with Crippen molar-refractivity contribution in [3.8, 4) is 11.5 Å². The quantitative estimate of drug-likeness (QED) is 0.613. The largest absolute Gasteiger partial charge is 0.494 e. The Bertz CT molecular complexity index is 486. The maximum Gasteiger partial charge on any atom is 0.150 e.